The van der Waals surface area contributed by atoms with Crippen molar-refractivity contribution in [2.24, 2.45) is 5.73 Å². The maximum atomic E-state index is 6.43. The molecule has 0 saturated heterocycles. The number of hydrogen-bond donors (Lipinski definition) is 2. The topological polar surface area (TPSA) is 43.0 Å². The molecule has 6 heteroatoms. The van der Waals surface area contributed by atoms with Crippen LogP contribution in [0.4, 0.5) is 11.4 Å². The molecule has 0 fully saturated rings. The minimum absolute atomic E-state index is 0.511. The summed E-state index contributed by atoms with van der Waals surface area (Å²) in [7, 11) is 0. The Morgan fingerprint density at radius 2 is 1.59 bits per heavy atom. The van der Waals surface area contributed by atoms with Crippen LogP contribution >= 0.6 is 34.8 Å². The molecule has 3 nitrogen and oxygen atoms in total. The van der Waals surface area contributed by atoms with Crippen LogP contribution < -0.4 is 11.1 Å². The van der Waals surface area contributed by atoms with Crippen molar-refractivity contribution < 1.29 is 0 Å². The minimum Gasteiger partial charge on any atom is -0.355 e. The van der Waals surface area contributed by atoms with Crippen LogP contribution in [0.25, 0.3) is 32.9 Å². The highest BCUT2D eigenvalue weighted by Gasteiger charge is 2.19. The highest BCUT2D eigenvalue weighted by atomic mass is 35.5. The van der Waals surface area contributed by atoms with Crippen molar-refractivity contribution in [2.45, 2.75) is 6.54 Å². The predicted octanol–water partition coefficient (Wildman–Crippen LogP) is 8.12. The second-order valence-corrected chi connectivity index (χ2v) is 8.86. The van der Waals surface area contributed by atoms with E-state index in [0.717, 1.165) is 44.3 Å². The first kappa shape index (κ1) is 21.2. The van der Waals surface area contributed by atoms with Crippen molar-refractivity contribution in [3.8, 4) is 11.1 Å². The van der Waals surface area contributed by atoms with E-state index in [-0.39, 0.29) is 0 Å². The van der Waals surface area contributed by atoms with E-state index in [1.54, 1.807) is 0 Å². The summed E-state index contributed by atoms with van der Waals surface area (Å²) in [5.74, 6) is 0. The Morgan fingerprint density at radius 3 is 2.34 bits per heavy atom. The van der Waals surface area contributed by atoms with Gasteiger partial charge in [-0.2, -0.15) is 0 Å². The molecular weight excluding hydrogens is 461 g/mol. The Labute approximate surface area is 201 Å². The van der Waals surface area contributed by atoms with E-state index in [2.05, 4.69) is 28.1 Å². The number of aromatic nitrogens is 1. The van der Waals surface area contributed by atoms with Crippen LogP contribution in [0.15, 0.2) is 78.9 Å². The molecule has 0 aliphatic heterocycles. The van der Waals surface area contributed by atoms with Gasteiger partial charge in [0.05, 0.1) is 15.6 Å². The molecule has 0 spiro atoms. The molecule has 0 amide bonds. The molecule has 0 saturated carbocycles. The van der Waals surface area contributed by atoms with E-state index >= 15 is 0 Å². The lowest BCUT2D eigenvalue weighted by atomic mass is 9.99. The van der Waals surface area contributed by atoms with E-state index in [0.29, 0.717) is 28.2 Å². The number of halogens is 3. The van der Waals surface area contributed by atoms with Gasteiger partial charge in [-0.15, -0.1) is 0 Å². The van der Waals surface area contributed by atoms with Gasteiger partial charge in [0.15, 0.2) is 0 Å². The first-order valence-corrected chi connectivity index (χ1v) is 11.4. The van der Waals surface area contributed by atoms with Gasteiger partial charge in [0.1, 0.15) is 0 Å². The molecule has 0 atom stereocenters. The van der Waals surface area contributed by atoms with Gasteiger partial charge in [-0.3, -0.25) is 0 Å². The lowest BCUT2D eigenvalue weighted by Gasteiger charge is -2.17. The Kier molecular flexibility index (Phi) is 5.75. The van der Waals surface area contributed by atoms with Crippen LogP contribution in [-0.2, 0) is 6.54 Å². The average molecular weight is 481 g/mol. The number of para-hydroxylation sites is 1. The monoisotopic (exact) mass is 479 g/mol. The minimum atomic E-state index is 0.511. The van der Waals surface area contributed by atoms with Crippen molar-refractivity contribution in [1.29, 1.82) is 0 Å². The molecule has 1 heterocycles. The van der Waals surface area contributed by atoms with Crippen LogP contribution in [0.1, 0.15) is 0 Å². The van der Waals surface area contributed by atoms with Gasteiger partial charge in [0.25, 0.3) is 0 Å². The lowest BCUT2D eigenvalue weighted by Crippen LogP contribution is -2.10. The SMILES string of the molecule is NCCn1c2ccc(Cl)cc2c2ccc(Nc3ccccc3)c(-c3ccc(Cl)c(Cl)c3)c21. The largest absolute Gasteiger partial charge is 0.355 e. The van der Waals surface area contributed by atoms with Crippen molar-refractivity contribution in [2.75, 3.05) is 11.9 Å². The van der Waals surface area contributed by atoms with Gasteiger partial charge in [0, 0.05) is 51.3 Å². The molecule has 0 bridgehead atoms. The Morgan fingerprint density at radius 1 is 0.781 bits per heavy atom. The average Bonchev–Trinajstić information content (AvgIpc) is 3.09. The number of nitrogens with two attached hydrogens (primary N) is 1. The fourth-order valence-corrected chi connectivity index (χ4v) is 4.73. The molecule has 0 radical (unpaired) electrons. The van der Waals surface area contributed by atoms with Gasteiger partial charge < -0.3 is 15.6 Å². The summed E-state index contributed by atoms with van der Waals surface area (Å²) in [6.45, 7) is 1.18. The first-order chi connectivity index (χ1) is 15.6. The standard InChI is InChI=1S/C26H20Cl3N3/c27-17-7-11-24-20(15-17)19-8-10-23(31-18-4-2-1-3-5-18)25(26(19)32(24)13-12-30)16-6-9-21(28)22(29)14-16/h1-11,14-15,31H,12-13,30H2. The Bertz CT molecular complexity index is 1440. The summed E-state index contributed by atoms with van der Waals surface area (Å²) in [6.07, 6.45) is 0. The van der Waals surface area contributed by atoms with Gasteiger partial charge >= 0.3 is 0 Å². The van der Waals surface area contributed by atoms with E-state index in [4.69, 9.17) is 40.5 Å². The van der Waals surface area contributed by atoms with Crippen molar-refractivity contribution in [3.05, 3.63) is 93.9 Å². The smallest absolute Gasteiger partial charge is 0.0598 e. The van der Waals surface area contributed by atoms with Crippen molar-refractivity contribution in [1.82, 2.24) is 4.57 Å². The van der Waals surface area contributed by atoms with E-state index < -0.39 is 0 Å². The number of nitrogens with one attached hydrogen (secondary N) is 1. The summed E-state index contributed by atoms with van der Waals surface area (Å²) >= 11 is 19.0. The third-order valence-corrected chi connectivity index (χ3v) is 6.58. The van der Waals surface area contributed by atoms with Gasteiger partial charge in [-0.25, -0.2) is 0 Å². The summed E-state index contributed by atoms with van der Waals surface area (Å²) in [6, 6.07) is 26.0. The number of rotatable bonds is 5. The van der Waals surface area contributed by atoms with Crippen LogP contribution in [0.2, 0.25) is 15.1 Å². The van der Waals surface area contributed by atoms with E-state index in [9.17, 15) is 0 Å². The van der Waals surface area contributed by atoms with Crippen LogP contribution in [-0.4, -0.2) is 11.1 Å². The van der Waals surface area contributed by atoms with Gasteiger partial charge in [-0.1, -0.05) is 65.1 Å². The Balaban J connectivity index is 1.88. The quantitative estimate of drug-likeness (QED) is 0.267. The van der Waals surface area contributed by atoms with Crippen molar-refractivity contribution in [3.63, 3.8) is 0 Å². The predicted molar refractivity (Wildman–Crippen MR) is 139 cm³/mol. The third-order valence-electron chi connectivity index (χ3n) is 5.60. The maximum Gasteiger partial charge on any atom is 0.0598 e. The third kappa shape index (κ3) is 3.72. The number of fused-ring (bicyclic) bond motifs is 3. The van der Waals surface area contributed by atoms with Crippen molar-refractivity contribution >= 4 is 68.0 Å². The highest BCUT2D eigenvalue weighted by Crippen LogP contribution is 2.43. The molecule has 160 valence electrons. The van der Waals surface area contributed by atoms with E-state index in [1.165, 1.54) is 0 Å². The maximum absolute atomic E-state index is 6.43. The normalized spacial score (nSPS) is 11.4. The zero-order valence-corrected chi connectivity index (χ0v) is 19.3. The van der Waals surface area contributed by atoms with Gasteiger partial charge in [-0.05, 0) is 54.1 Å². The Hall–Kier alpha value is -2.69. The van der Waals surface area contributed by atoms with Crippen LogP contribution in [0.5, 0.6) is 0 Å². The molecule has 32 heavy (non-hydrogen) atoms. The fraction of sp³-hybridized carbons (Fsp3) is 0.0769. The van der Waals surface area contributed by atoms with Crippen LogP contribution in [0, 0.1) is 0 Å². The van der Waals surface area contributed by atoms with Crippen LogP contribution in [0.3, 0.4) is 0 Å². The second kappa shape index (κ2) is 8.68. The molecule has 0 aliphatic carbocycles. The number of anilines is 2. The van der Waals surface area contributed by atoms with E-state index in [1.807, 2.05) is 60.7 Å². The molecule has 5 aromatic rings. The highest BCUT2D eigenvalue weighted by molar-refractivity contribution is 6.42. The number of hydrogen-bond acceptors (Lipinski definition) is 2. The lowest BCUT2D eigenvalue weighted by molar-refractivity contribution is 0.758. The molecule has 5 rings (SSSR count). The molecule has 1 aromatic heterocycles. The second-order valence-electron chi connectivity index (χ2n) is 7.61. The molecule has 0 unspecified atom stereocenters. The summed E-state index contributed by atoms with van der Waals surface area (Å²) in [4.78, 5) is 0. The zero-order valence-electron chi connectivity index (χ0n) is 17.1. The zero-order chi connectivity index (χ0) is 22.2. The summed E-state index contributed by atoms with van der Waals surface area (Å²) in [5, 5.41) is 7.51. The molecular formula is C26H20Cl3N3. The molecule has 3 N–H and O–H groups in total. The molecule has 0 aliphatic rings. The first-order valence-electron chi connectivity index (χ1n) is 10.3. The van der Waals surface area contributed by atoms with Gasteiger partial charge in [0.2, 0.25) is 0 Å². The summed E-state index contributed by atoms with van der Waals surface area (Å²) < 4.78 is 2.26. The number of nitrogens with zero attached hydrogens (tertiary/aromatic N) is 1. The number of benzene rings is 4. The summed E-state index contributed by atoms with van der Waals surface area (Å²) in [5.41, 5.74) is 12.2. The molecule has 4 aromatic carbocycles. The fourth-order valence-electron chi connectivity index (χ4n) is 4.26.